The molecule has 5 rings (SSSR count). The van der Waals surface area contributed by atoms with E-state index in [0.717, 1.165) is 44.3 Å². The first-order valence-corrected chi connectivity index (χ1v) is 18.9. The lowest BCUT2D eigenvalue weighted by atomic mass is 9.81. The summed E-state index contributed by atoms with van der Waals surface area (Å²) < 4.78 is 62.2. The van der Waals surface area contributed by atoms with Crippen LogP contribution in [0.4, 0.5) is 5.69 Å². The van der Waals surface area contributed by atoms with Gasteiger partial charge in [0, 0.05) is 35.8 Å². The smallest absolute Gasteiger partial charge is 0.301 e. The van der Waals surface area contributed by atoms with Crippen molar-refractivity contribution in [2.75, 3.05) is 23.8 Å². The average Bonchev–Trinajstić information content (AvgIpc) is 3.44. The molecule has 44 heavy (non-hydrogen) atoms. The van der Waals surface area contributed by atoms with E-state index in [1.54, 1.807) is 23.1 Å². The molecule has 236 valence electrons. The number of thiazole rings is 1. The molecule has 12 heteroatoms. The Bertz CT molecular complexity index is 1790. The normalized spacial score (nSPS) is 19.9. The second kappa shape index (κ2) is 14.0. The van der Waals surface area contributed by atoms with Gasteiger partial charge in [-0.05, 0) is 98.1 Å². The molecule has 0 amide bonds. The van der Waals surface area contributed by atoms with E-state index in [-0.39, 0.29) is 18.8 Å². The van der Waals surface area contributed by atoms with Crippen molar-refractivity contribution in [1.29, 1.82) is 0 Å². The van der Waals surface area contributed by atoms with E-state index in [2.05, 4.69) is 78.8 Å². The van der Waals surface area contributed by atoms with Crippen LogP contribution in [0.2, 0.25) is 0 Å². The van der Waals surface area contributed by atoms with Crippen LogP contribution in [0, 0.1) is 19.8 Å². The number of aryl methyl sites for hydroxylation is 3. The molecule has 2 atom stereocenters. The first-order chi connectivity index (χ1) is 20.9. The number of rotatable bonds is 11. The van der Waals surface area contributed by atoms with Gasteiger partial charge >= 0.3 is 11.4 Å². The highest BCUT2D eigenvalue weighted by molar-refractivity contribution is 8.03. The van der Waals surface area contributed by atoms with E-state index in [1.807, 2.05) is 6.92 Å². The number of benzene rings is 2. The van der Waals surface area contributed by atoms with Crippen LogP contribution in [-0.2, 0) is 32.2 Å². The molecule has 2 aromatic carbocycles. The number of nitrogens with zero attached hydrogens (tertiary/aromatic N) is 2. The highest BCUT2D eigenvalue weighted by Gasteiger charge is 2.28. The number of thioether (sulfide) groups is 1. The molecule has 2 aliphatic rings. The van der Waals surface area contributed by atoms with Gasteiger partial charge in [0.05, 0.1) is 27.4 Å². The molecule has 1 aliphatic carbocycles. The molecule has 0 bridgehead atoms. The van der Waals surface area contributed by atoms with E-state index in [9.17, 15) is 17.2 Å². The number of hydrogen-bond acceptors (Lipinski definition) is 8. The van der Waals surface area contributed by atoms with Crippen molar-refractivity contribution in [2.24, 2.45) is 5.92 Å². The standard InChI is InChI=1S/C32H38N2O6S4/c1-21-7-9-29-27(17-21)33(11-5-13-40-43(35)36)31(41-29)19-25-15-23(3)16-26(24(25)4)20-32-34(12-6-14-44(37,38)39)28-18-22(2)8-10-30(28)42-32/h7-10,17-20,23H,5-6,11-16H2,1-4H3,(H-,35,36,37,38,39). The maximum absolute atomic E-state index is 11.3. The fraction of sp³-hybridized carbons (Fsp3) is 0.406. The van der Waals surface area contributed by atoms with Crippen LogP contribution in [0.5, 0.6) is 0 Å². The Labute approximate surface area is 270 Å². The van der Waals surface area contributed by atoms with E-state index >= 15 is 0 Å². The molecule has 0 saturated carbocycles. The third kappa shape index (κ3) is 8.09. The molecule has 2 heterocycles. The molecule has 1 N–H and O–H groups in total. The summed E-state index contributed by atoms with van der Waals surface area (Å²) in [6.45, 7) is 9.89. The SMILES string of the molecule is CC1=C(C=C2Sc3ccc(C)cc3N2CCCOS(=O)O)CC(C)CC1=Cc1sc2ccc(C)cc2[n+]1CCCS(=O)(=O)[O-]. The summed E-state index contributed by atoms with van der Waals surface area (Å²) in [6.07, 6.45) is 7.31. The lowest BCUT2D eigenvalue weighted by Crippen LogP contribution is -2.36. The molecule has 0 spiro atoms. The lowest BCUT2D eigenvalue weighted by Gasteiger charge is -2.26. The molecule has 1 aromatic heterocycles. The molecule has 2 unspecified atom stereocenters. The van der Waals surface area contributed by atoms with Crippen molar-refractivity contribution in [3.8, 4) is 0 Å². The van der Waals surface area contributed by atoms with Crippen molar-refractivity contribution in [3.05, 3.63) is 80.4 Å². The molecule has 0 fully saturated rings. The highest BCUT2D eigenvalue weighted by Crippen LogP contribution is 2.48. The first-order valence-electron chi connectivity index (χ1n) is 14.7. The Morgan fingerprint density at radius 3 is 2.61 bits per heavy atom. The predicted molar refractivity (Wildman–Crippen MR) is 179 cm³/mol. The maximum atomic E-state index is 11.3. The summed E-state index contributed by atoms with van der Waals surface area (Å²) >= 11 is 1.16. The van der Waals surface area contributed by atoms with E-state index in [0.29, 0.717) is 25.4 Å². The second-order valence-electron chi connectivity index (χ2n) is 11.6. The predicted octanol–water partition coefficient (Wildman–Crippen LogP) is 6.87. The molecule has 8 nitrogen and oxygen atoms in total. The van der Waals surface area contributed by atoms with Crippen LogP contribution in [0.3, 0.4) is 0 Å². The molecular formula is C32H38N2O6S4. The van der Waals surface area contributed by atoms with Crippen LogP contribution < -0.4 is 9.47 Å². The van der Waals surface area contributed by atoms with Gasteiger partial charge in [-0.3, -0.25) is 8.74 Å². The van der Waals surface area contributed by atoms with E-state index < -0.39 is 21.5 Å². The molecule has 0 saturated heterocycles. The molecule has 1 aliphatic heterocycles. The zero-order valence-electron chi connectivity index (χ0n) is 25.4. The summed E-state index contributed by atoms with van der Waals surface area (Å²) in [7, 11) is -4.28. The van der Waals surface area contributed by atoms with Gasteiger partial charge in [-0.25, -0.2) is 8.42 Å². The fourth-order valence-corrected chi connectivity index (χ4v) is 8.83. The van der Waals surface area contributed by atoms with Crippen molar-refractivity contribution >= 4 is 66.6 Å². The Balaban J connectivity index is 1.50. The number of hydrogen-bond donors (Lipinski definition) is 1. The summed E-state index contributed by atoms with van der Waals surface area (Å²) in [5.74, 6) is 0.0530. The second-order valence-corrected chi connectivity index (χ2v) is 15.9. The van der Waals surface area contributed by atoms with E-state index in [4.69, 9.17) is 8.74 Å². The minimum absolute atomic E-state index is 0.194. The highest BCUT2D eigenvalue weighted by atomic mass is 32.2. The largest absolute Gasteiger partial charge is 0.748 e. The van der Waals surface area contributed by atoms with Gasteiger partial charge in [0.2, 0.25) is 5.52 Å². The Morgan fingerprint density at radius 2 is 1.86 bits per heavy atom. The van der Waals surface area contributed by atoms with Gasteiger partial charge in [-0.15, -0.1) is 0 Å². The van der Waals surface area contributed by atoms with Crippen molar-refractivity contribution in [1.82, 2.24) is 0 Å². The van der Waals surface area contributed by atoms with Crippen LogP contribution in [0.1, 0.15) is 55.7 Å². The average molecular weight is 675 g/mol. The third-order valence-electron chi connectivity index (χ3n) is 7.95. The number of anilines is 1. The van der Waals surface area contributed by atoms with Gasteiger partial charge < -0.3 is 9.45 Å². The zero-order chi connectivity index (χ0) is 31.6. The van der Waals surface area contributed by atoms with Crippen LogP contribution in [0.25, 0.3) is 16.3 Å². The summed E-state index contributed by atoms with van der Waals surface area (Å²) in [5, 5.41) is 2.18. The van der Waals surface area contributed by atoms with Crippen molar-refractivity contribution in [3.63, 3.8) is 0 Å². The topological polar surface area (TPSA) is 111 Å². The van der Waals surface area contributed by atoms with Gasteiger partial charge in [0.1, 0.15) is 4.70 Å². The number of fused-ring (bicyclic) bond motifs is 2. The van der Waals surface area contributed by atoms with Gasteiger partial charge in [0.25, 0.3) is 5.01 Å². The molecule has 0 radical (unpaired) electrons. The van der Waals surface area contributed by atoms with E-state index in [1.165, 1.54) is 27.2 Å². The monoisotopic (exact) mass is 674 g/mol. The first kappa shape index (κ1) is 33.1. The quantitative estimate of drug-likeness (QED) is 0.102. The fourth-order valence-electron chi connectivity index (χ4n) is 5.82. The molecule has 3 aromatic rings. The summed E-state index contributed by atoms with van der Waals surface area (Å²) in [5.41, 5.74) is 8.27. The Hall–Kier alpha value is -2.32. The Morgan fingerprint density at radius 1 is 1.11 bits per heavy atom. The van der Waals surface area contributed by atoms with Crippen LogP contribution >= 0.6 is 23.1 Å². The number of allylic oxidation sites excluding steroid dienone is 4. The van der Waals surface area contributed by atoms with Crippen LogP contribution in [-0.4, -0.2) is 40.6 Å². The van der Waals surface area contributed by atoms with Gasteiger partial charge in [-0.2, -0.15) is 8.78 Å². The zero-order valence-corrected chi connectivity index (χ0v) is 28.6. The summed E-state index contributed by atoms with van der Waals surface area (Å²) in [6, 6.07) is 12.8. The maximum Gasteiger partial charge on any atom is 0.301 e. The van der Waals surface area contributed by atoms with Gasteiger partial charge in [-0.1, -0.05) is 42.2 Å². The number of aromatic nitrogens is 1. The summed E-state index contributed by atoms with van der Waals surface area (Å²) in [4.78, 5) is 3.47. The third-order valence-corrected chi connectivity index (χ3v) is 11.3. The van der Waals surface area contributed by atoms with Gasteiger partial charge in [0.15, 0.2) is 6.54 Å². The van der Waals surface area contributed by atoms with Crippen molar-refractivity contribution < 1.29 is 30.5 Å². The Kier molecular flexibility index (Phi) is 10.5. The minimum atomic E-state index is -4.28. The lowest BCUT2D eigenvalue weighted by molar-refractivity contribution is -0.668. The minimum Gasteiger partial charge on any atom is -0.748 e. The van der Waals surface area contributed by atoms with Crippen LogP contribution in [0.15, 0.2) is 69.1 Å². The van der Waals surface area contributed by atoms with Crippen molar-refractivity contribution in [2.45, 2.75) is 64.8 Å². The molecular weight excluding hydrogens is 637 g/mol.